The number of aliphatic carboxylic acids is 1. The van der Waals surface area contributed by atoms with Crippen LogP contribution in [0.15, 0.2) is 0 Å². The van der Waals surface area contributed by atoms with Crippen molar-refractivity contribution in [1.29, 1.82) is 0 Å². The molecule has 0 aromatic heterocycles. The molecule has 0 radical (unpaired) electrons. The number of carboxylic acids is 1. The largest absolute Gasteiger partial charge is 0.481 e. The van der Waals surface area contributed by atoms with Crippen molar-refractivity contribution < 1.29 is 14.7 Å². The molecule has 2 fully saturated rings. The summed E-state index contributed by atoms with van der Waals surface area (Å²) < 4.78 is 0. The Balaban J connectivity index is 2.01. The zero-order valence-corrected chi connectivity index (χ0v) is 11.3. The van der Waals surface area contributed by atoms with Crippen LogP contribution in [0.4, 0.5) is 0 Å². The molecule has 4 nitrogen and oxygen atoms in total. The first-order valence-electron chi connectivity index (χ1n) is 7.05. The lowest BCUT2D eigenvalue weighted by Gasteiger charge is -2.40. The van der Waals surface area contributed by atoms with Gasteiger partial charge in [-0.05, 0) is 52.4 Å². The number of hydrogen-bond donors (Lipinski definition) is 1. The summed E-state index contributed by atoms with van der Waals surface area (Å²) in [5.41, 5.74) is 0. The van der Waals surface area contributed by atoms with Gasteiger partial charge in [-0.15, -0.1) is 0 Å². The number of nitrogens with zero attached hydrogens (tertiary/aromatic N) is 1. The minimum absolute atomic E-state index is 0.0610. The van der Waals surface area contributed by atoms with E-state index in [1.54, 1.807) is 0 Å². The number of piperidine rings is 1. The minimum Gasteiger partial charge on any atom is -0.481 e. The van der Waals surface area contributed by atoms with E-state index in [4.69, 9.17) is 5.11 Å². The van der Waals surface area contributed by atoms with Crippen molar-refractivity contribution in [3.8, 4) is 0 Å². The van der Waals surface area contributed by atoms with E-state index in [2.05, 4.69) is 13.8 Å². The van der Waals surface area contributed by atoms with E-state index < -0.39 is 5.97 Å². The lowest BCUT2D eigenvalue weighted by atomic mass is 9.94. The highest BCUT2D eigenvalue weighted by atomic mass is 16.4. The van der Waals surface area contributed by atoms with Crippen molar-refractivity contribution >= 4 is 11.9 Å². The molecule has 4 heteroatoms. The molecule has 1 amide bonds. The zero-order valence-electron chi connectivity index (χ0n) is 11.3. The molecule has 102 valence electrons. The summed E-state index contributed by atoms with van der Waals surface area (Å²) in [7, 11) is 0. The van der Waals surface area contributed by atoms with Crippen LogP contribution in [0.25, 0.3) is 0 Å². The highest BCUT2D eigenvalue weighted by Gasteiger charge is 2.39. The van der Waals surface area contributed by atoms with Crippen molar-refractivity contribution in [3.05, 3.63) is 0 Å². The molecule has 1 saturated carbocycles. The second-order valence-corrected chi connectivity index (χ2v) is 5.92. The van der Waals surface area contributed by atoms with Crippen molar-refractivity contribution in [2.45, 2.75) is 64.5 Å². The van der Waals surface area contributed by atoms with E-state index in [-0.39, 0.29) is 17.7 Å². The first kappa shape index (κ1) is 13.4. The van der Waals surface area contributed by atoms with Gasteiger partial charge < -0.3 is 10.0 Å². The molecule has 2 aliphatic rings. The highest BCUT2D eigenvalue weighted by molar-refractivity contribution is 5.81. The number of carboxylic acid groups (broad SMARTS) is 1. The van der Waals surface area contributed by atoms with Crippen LogP contribution < -0.4 is 0 Å². The van der Waals surface area contributed by atoms with Gasteiger partial charge in [-0.3, -0.25) is 9.59 Å². The standard InChI is InChI=1S/C14H23NO3/c1-9-4-3-5-10(2)15(9)13(16)11-6-7-12(8-11)14(17)18/h9-12H,3-8H2,1-2H3,(H,17,18). The fourth-order valence-electron chi connectivity index (χ4n) is 3.50. The first-order valence-corrected chi connectivity index (χ1v) is 7.05. The average molecular weight is 253 g/mol. The number of hydrogen-bond acceptors (Lipinski definition) is 2. The molecule has 1 heterocycles. The van der Waals surface area contributed by atoms with E-state index in [1.807, 2.05) is 4.90 Å². The Morgan fingerprint density at radius 3 is 2.06 bits per heavy atom. The monoisotopic (exact) mass is 253 g/mol. The average Bonchev–Trinajstić information content (AvgIpc) is 2.77. The van der Waals surface area contributed by atoms with Gasteiger partial charge in [0.25, 0.3) is 0 Å². The van der Waals surface area contributed by atoms with Gasteiger partial charge >= 0.3 is 5.97 Å². The Bertz CT molecular complexity index is 332. The summed E-state index contributed by atoms with van der Waals surface area (Å²) in [6.45, 7) is 4.22. The van der Waals surface area contributed by atoms with Gasteiger partial charge in [0, 0.05) is 18.0 Å². The molecule has 1 N–H and O–H groups in total. The lowest BCUT2D eigenvalue weighted by Crippen LogP contribution is -2.49. The second kappa shape index (κ2) is 5.29. The Labute approximate surface area is 108 Å². The number of likely N-dealkylation sites (tertiary alicyclic amines) is 1. The summed E-state index contributed by atoms with van der Waals surface area (Å²) in [4.78, 5) is 25.5. The van der Waals surface area contributed by atoms with Crippen LogP contribution in [0.5, 0.6) is 0 Å². The summed E-state index contributed by atoms with van der Waals surface area (Å²) in [6.07, 6.45) is 5.27. The Morgan fingerprint density at radius 2 is 1.56 bits per heavy atom. The number of carbonyl (C=O) groups is 2. The smallest absolute Gasteiger partial charge is 0.306 e. The Hall–Kier alpha value is -1.06. The molecule has 0 aromatic carbocycles. The highest BCUT2D eigenvalue weighted by Crippen LogP contribution is 2.34. The number of carbonyl (C=O) groups excluding carboxylic acids is 1. The maximum Gasteiger partial charge on any atom is 0.306 e. The molecular weight excluding hydrogens is 230 g/mol. The summed E-state index contributed by atoms with van der Waals surface area (Å²) >= 11 is 0. The third kappa shape index (κ3) is 2.52. The normalized spacial score (nSPS) is 36.7. The molecule has 1 saturated heterocycles. The quantitative estimate of drug-likeness (QED) is 0.821. The summed E-state index contributed by atoms with van der Waals surface area (Å²) in [5.74, 6) is -0.924. The first-order chi connectivity index (χ1) is 8.50. The molecule has 4 unspecified atom stereocenters. The minimum atomic E-state index is -0.745. The maximum atomic E-state index is 12.5. The SMILES string of the molecule is CC1CCCC(C)N1C(=O)C1CCC(C(=O)O)C1. The molecule has 1 aliphatic heterocycles. The lowest BCUT2D eigenvalue weighted by molar-refractivity contribution is -0.143. The van der Waals surface area contributed by atoms with Crippen molar-refractivity contribution in [1.82, 2.24) is 4.90 Å². The van der Waals surface area contributed by atoms with E-state index in [1.165, 1.54) is 6.42 Å². The van der Waals surface area contributed by atoms with Crippen LogP contribution in [0.1, 0.15) is 52.4 Å². The predicted octanol–water partition coefficient (Wildman–Crippen LogP) is 2.28. The predicted molar refractivity (Wildman–Crippen MR) is 68.1 cm³/mol. The Morgan fingerprint density at radius 1 is 1.00 bits per heavy atom. The van der Waals surface area contributed by atoms with Crippen molar-refractivity contribution in [3.63, 3.8) is 0 Å². The van der Waals surface area contributed by atoms with Crippen molar-refractivity contribution in [2.24, 2.45) is 11.8 Å². The fourth-order valence-corrected chi connectivity index (χ4v) is 3.50. The number of rotatable bonds is 2. The molecular formula is C14H23NO3. The van der Waals surface area contributed by atoms with Crippen LogP contribution >= 0.6 is 0 Å². The van der Waals surface area contributed by atoms with E-state index in [9.17, 15) is 9.59 Å². The summed E-state index contributed by atoms with van der Waals surface area (Å²) in [6, 6.07) is 0.621. The van der Waals surface area contributed by atoms with Crippen LogP contribution in [-0.2, 0) is 9.59 Å². The molecule has 18 heavy (non-hydrogen) atoms. The van der Waals surface area contributed by atoms with E-state index in [0.717, 1.165) is 19.3 Å². The van der Waals surface area contributed by atoms with Gasteiger partial charge in [-0.2, -0.15) is 0 Å². The molecule has 1 aliphatic carbocycles. The second-order valence-electron chi connectivity index (χ2n) is 5.92. The van der Waals surface area contributed by atoms with Crippen LogP contribution in [0.3, 0.4) is 0 Å². The summed E-state index contributed by atoms with van der Waals surface area (Å²) in [5, 5.41) is 9.00. The topological polar surface area (TPSA) is 57.6 Å². The molecule has 0 spiro atoms. The van der Waals surface area contributed by atoms with Gasteiger partial charge in [0.2, 0.25) is 5.91 Å². The van der Waals surface area contributed by atoms with Crippen molar-refractivity contribution in [2.75, 3.05) is 0 Å². The molecule has 4 atom stereocenters. The molecule has 0 aromatic rings. The molecule has 2 rings (SSSR count). The third-order valence-corrected chi connectivity index (χ3v) is 4.58. The molecule has 0 bridgehead atoms. The van der Waals surface area contributed by atoms with Crippen LogP contribution in [0.2, 0.25) is 0 Å². The Kier molecular flexibility index (Phi) is 3.93. The number of amides is 1. The van der Waals surface area contributed by atoms with E-state index >= 15 is 0 Å². The maximum absolute atomic E-state index is 12.5. The van der Waals surface area contributed by atoms with Gasteiger partial charge in [-0.1, -0.05) is 0 Å². The van der Waals surface area contributed by atoms with Gasteiger partial charge in [0.15, 0.2) is 0 Å². The van der Waals surface area contributed by atoms with E-state index in [0.29, 0.717) is 24.9 Å². The van der Waals surface area contributed by atoms with Crippen LogP contribution in [0, 0.1) is 11.8 Å². The van der Waals surface area contributed by atoms with Crippen LogP contribution in [-0.4, -0.2) is 34.0 Å². The van der Waals surface area contributed by atoms with Gasteiger partial charge in [0.05, 0.1) is 5.92 Å². The van der Waals surface area contributed by atoms with Gasteiger partial charge in [0.1, 0.15) is 0 Å². The fraction of sp³-hybridized carbons (Fsp3) is 0.857. The third-order valence-electron chi connectivity index (χ3n) is 4.58. The zero-order chi connectivity index (χ0) is 13.3. The van der Waals surface area contributed by atoms with Gasteiger partial charge in [-0.25, -0.2) is 0 Å².